The molecule has 5 nitrogen and oxygen atoms in total. The first kappa shape index (κ1) is 14.8. The lowest BCUT2D eigenvalue weighted by Crippen LogP contribution is -2.43. The summed E-state index contributed by atoms with van der Waals surface area (Å²) >= 11 is 0. The fourth-order valence-electron chi connectivity index (χ4n) is 3.57. The highest BCUT2D eigenvalue weighted by molar-refractivity contribution is 5.74. The molecule has 2 aliphatic carbocycles. The molecule has 1 fully saturated rings. The van der Waals surface area contributed by atoms with E-state index in [4.69, 9.17) is 9.68 Å². The van der Waals surface area contributed by atoms with E-state index >= 15 is 0 Å². The van der Waals surface area contributed by atoms with Gasteiger partial charge in [0, 0.05) is 18.5 Å². The number of carbonyl (C=O) groups is 1. The average Bonchev–Trinajstić information content (AvgIpc) is 2.98. The van der Waals surface area contributed by atoms with Gasteiger partial charge in [-0.3, -0.25) is 0 Å². The molecule has 0 saturated heterocycles. The number of nitrogens with one attached hydrogen (secondary N) is 2. The number of hydrogen-bond acceptors (Lipinski definition) is 3. The molecule has 0 spiro atoms. The fraction of sp³-hybridized carbons (Fsp3) is 0.368. The number of hydrogen-bond donors (Lipinski definition) is 2. The molecule has 1 heterocycles. The van der Waals surface area contributed by atoms with Gasteiger partial charge in [-0.2, -0.15) is 5.26 Å². The van der Waals surface area contributed by atoms with Crippen LogP contribution in [0.3, 0.4) is 0 Å². The van der Waals surface area contributed by atoms with Crippen molar-refractivity contribution >= 4 is 6.03 Å². The van der Waals surface area contributed by atoms with E-state index in [1.165, 1.54) is 11.1 Å². The highest BCUT2D eigenvalue weighted by Gasteiger charge is 2.40. The van der Waals surface area contributed by atoms with Crippen molar-refractivity contribution in [2.45, 2.75) is 31.2 Å². The Kier molecular flexibility index (Phi) is 3.73. The second-order valence-electron chi connectivity index (χ2n) is 6.67. The van der Waals surface area contributed by atoms with E-state index in [1.54, 1.807) is 6.26 Å². The van der Waals surface area contributed by atoms with E-state index in [2.05, 4.69) is 16.7 Å². The Bertz CT molecular complexity index is 791. The van der Waals surface area contributed by atoms with Gasteiger partial charge in [0.1, 0.15) is 5.76 Å². The van der Waals surface area contributed by atoms with Crippen LogP contribution in [0, 0.1) is 17.2 Å². The maximum atomic E-state index is 12.1. The molecule has 5 heteroatoms. The minimum Gasteiger partial charge on any atom is -0.469 e. The number of nitrogens with zero attached hydrogens (tertiary/aromatic N) is 1. The van der Waals surface area contributed by atoms with E-state index in [-0.39, 0.29) is 12.1 Å². The van der Waals surface area contributed by atoms with Gasteiger partial charge in [-0.15, -0.1) is 0 Å². The van der Waals surface area contributed by atoms with Gasteiger partial charge in [0.2, 0.25) is 0 Å². The number of fused-ring (bicyclic) bond motifs is 1. The molecule has 3 atom stereocenters. The normalized spacial score (nSPS) is 24.0. The number of nitriles is 1. The number of carbonyl (C=O) groups excluding carboxylic acids is 1. The number of furan rings is 1. The fourth-order valence-corrected chi connectivity index (χ4v) is 3.57. The summed E-state index contributed by atoms with van der Waals surface area (Å²) in [6.07, 6.45) is 4.38. The quantitative estimate of drug-likeness (QED) is 0.909. The summed E-state index contributed by atoms with van der Waals surface area (Å²) in [5, 5.41) is 15.0. The highest BCUT2D eigenvalue weighted by Crippen LogP contribution is 2.47. The molecule has 1 saturated carbocycles. The van der Waals surface area contributed by atoms with E-state index in [1.807, 2.05) is 30.3 Å². The van der Waals surface area contributed by atoms with Gasteiger partial charge < -0.3 is 15.1 Å². The first-order valence-electron chi connectivity index (χ1n) is 8.32. The van der Waals surface area contributed by atoms with Crippen LogP contribution in [-0.2, 0) is 12.8 Å². The third kappa shape index (κ3) is 3.00. The van der Waals surface area contributed by atoms with Crippen molar-refractivity contribution in [1.29, 1.82) is 5.26 Å². The molecule has 1 unspecified atom stereocenters. The van der Waals surface area contributed by atoms with E-state index in [0.717, 1.165) is 25.0 Å². The van der Waals surface area contributed by atoms with Gasteiger partial charge in [0.15, 0.2) is 0 Å². The van der Waals surface area contributed by atoms with Crippen LogP contribution in [0.4, 0.5) is 4.79 Å². The molecule has 0 radical (unpaired) electrons. The monoisotopic (exact) mass is 321 g/mol. The van der Waals surface area contributed by atoms with Crippen molar-refractivity contribution in [2.75, 3.05) is 6.54 Å². The lowest BCUT2D eigenvalue weighted by Gasteiger charge is -2.13. The Labute approximate surface area is 140 Å². The Morgan fingerprint density at radius 3 is 2.96 bits per heavy atom. The van der Waals surface area contributed by atoms with Crippen LogP contribution >= 0.6 is 0 Å². The maximum Gasteiger partial charge on any atom is 0.315 e. The minimum atomic E-state index is -0.113. The predicted octanol–water partition coefficient (Wildman–Crippen LogP) is 2.72. The highest BCUT2D eigenvalue weighted by atomic mass is 16.3. The number of urea groups is 1. The maximum absolute atomic E-state index is 12.1. The van der Waals surface area contributed by atoms with E-state index < -0.39 is 0 Å². The summed E-state index contributed by atoms with van der Waals surface area (Å²) < 4.78 is 5.41. The van der Waals surface area contributed by atoms with Crippen LogP contribution < -0.4 is 10.6 Å². The number of rotatable bonds is 4. The van der Waals surface area contributed by atoms with Crippen molar-refractivity contribution in [3.8, 4) is 6.07 Å². The van der Waals surface area contributed by atoms with Crippen molar-refractivity contribution in [2.24, 2.45) is 5.92 Å². The first-order valence-corrected chi connectivity index (χ1v) is 8.32. The molecule has 122 valence electrons. The molecular weight excluding hydrogens is 302 g/mol. The van der Waals surface area contributed by atoms with Crippen molar-refractivity contribution in [3.05, 3.63) is 59.0 Å². The van der Waals surface area contributed by atoms with Gasteiger partial charge in [0.05, 0.1) is 17.9 Å². The summed E-state index contributed by atoms with van der Waals surface area (Å²) in [4.78, 5) is 12.1. The van der Waals surface area contributed by atoms with E-state index in [9.17, 15) is 4.79 Å². The van der Waals surface area contributed by atoms with Crippen LogP contribution in [-0.4, -0.2) is 18.6 Å². The topological polar surface area (TPSA) is 78.1 Å². The van der Waals surface area contributed by atoms with Crippen LogP contribution in [0.25, 0.3) is 0 Å². The zero-order chi connectivity index (χ0) is 16.5. The van der Waals surface area contributed by atoms with Gasteiger partial charge >= 0.3 is 6.03 Å². The van der Waals surface area contributed by atoms with Gasteiger partial charge in [-0.1, -0.05) is 6.07 Å². The molecule has 2 aromatic rings. The minimum absolute atomic E-state index is 0.106. The van der Waals surface area contributed by atoms with Crippen LogP contribution in [0.15, 0.2) is 41.0 Å². The molecule has 2 amide bonds. The largest absolute Gasteiger partial charge is 0.469 e. The van der Waals surface area contributed by atoms with Crippen molar-refractivity contribution in [3.63, 3.8) is 0 Å². The number of amides is 2. The molecule has 0 bridgehead atoms. The zero-order valence-corrected chi connectivity index (χ0v) is 13.3. The molecular formula is C19H19N3O2. The third-order valence-electron chi connectivity index (χ3n) is 4.96. The van der Waals surface area contributed by atoms with Gasteiger partial charge in [0.25, 0.3) is 0 Å². The number of benzene rings is 1. The predicted molar refractivity (Wildman–Crippen MR) is 88.4 cm³/mol. The molecule has 24 heavy (non-hydrogen) atoms. The van der Waals surface area contributed by atoms with Crippen molar-refractivity contribution < 1.29 is 9.21 Å². The lowest BCUT2D eigenvalue weighted by molar-refractivity contribution is 0.236. The smallest absolute Gasteiger partial charge is 0.315 e. The zero-order valence-electron chi connectivity index (χ0n) is 13.3. The Balaban J connectivity index is 1.24. The van der Waals surface area contributed by atoms with E-state index in [0.29, 0.717) is 23.9 Å². The van der Waals surface area contributed by atoms with Gasteiger partial charge in [-0.05, 0) is 60.6 Å². The summed E-state index contributed by atoms with van der Waals surface area (Å²) in [7, 11) is 0. The summed E-state index contributed by atoms with van der Waals surface area (Å²) in [5.74, 6) is 1.93. The SMILES string of the molecule is N#Cc1ccc2c(c1)CC(NC(=O)NC[C@@H]1C[C@H]1c1ccco1)C2. The Hall–Kier alpha value is -2.74. The van der Waals surface area contributed by atoms with Crippen LogP contribution in [0.5, 0.6) is 0 Å². The molecule has 1 aromatic carbocycles. The second-order valence-corrected chi connectivity index (χ2v) is 6.67. The molecule has 2 aliphatic rings. The lowest BCUT2D eigenvalue weighted by atomic mass is 10.1. The molecule has 4 rings (SSSR count). The molecule has 1 aromatic heterocycles. The Morgan fingerprint density at radius 2 is 2.17 bits per heavy atom. The summed E-state index contributed by atoms with van der Waals surface area (Å²) in [6, 6.07) is 11.8. The second kappa shape index (κ2) is 6.04. The standard InChI is InChI=1S/C19H19N3O2/c20-10-12-3-4-13-7-16(8-14(13)6-12)22-19(23)21-11-15-9-17(15)18-2-1-5-24-18/h1-6,15-17H,7-9,11H2,(H2,21,22,23)/t15-,16?,17+/m0/s1. The Morgan fingerprint density at radius 1 is 1.29 bits per heavy atom. The molecule has 0 aliphatic heterocycles. The van der Waals surface area contributed by atoms with Gasteiger partial charge in [-0.25, -0.2) is 4.79 Å². The van der Waals surface area contributed by atoms with Crippen LogP contribution in [0.1, 0.15) is 34.8 Å². The summed E-state index contributed by atoms with van der Waals surface area (Å²) in [6.45, 7) is 0.676. The van der Waals surface area contributed by atoms with Crippen molar-refractivity contribution in [1.82, 2.24) is 10.6 Å². The first-order chi connectivity index (χ1) is 11.7. The van der Waals surface area contributed by atoms with Crippen LogP contribution in [0.2, 0.25) is 0 Å². The third-order valence-corrected chi connectivity index (χ3v) is 4.96. The summed E-state index contributed by atoms with van der Waals surface area (Å²) in [5.41, 5.74) is 3.07. The average molecular weight is 321 g/mol. The molecule has 2 N–H and O–H groups in total.